The molecule has 0 bridgehead atoms. The second kappa shape index (κ2) is 6.21. The number of hydrogen-bond donors (Lipinski definition) is 3. The Morgan fingerprint density at radius 1 is 1.63 bits per heavy atom. The molecule has 0 aliphatic carbocycles. The quantitative estimate of drug-likeness (QED) is 0.683. The van der Waals surface area contributed by atoms with Crippen LogP contribution < -0.4 is 5.32 Å². The molecule has 6 heteroatoms. The number of rotatable bonds is 6. The van der Waals surface area contributed by atoms with Crippen molar-refractivity contribution in [1.82, 2.24) is 10.3 Å². The Hall–Kier alpha value is -2.05. The molecule has 3 N–H and O–H groups in total. The zero-order valence-corrected chi connectivity index (χ0v) is 10.6. The number of hydrogen-bond acceptors (Lipinski definition) is 5. The van der Waals surface area contributed by atoms with Crippen molar-refractivity contribution in [3.8, 4) is 0 Å². The summed E-state index contributed by atoms with van der Waals surface area (Å²) in [7, 11) is 1.33. The van der Waals surface area contributed by atoms with Gasteiger partial charge < -0.3 is 24.6 Å². The van der Waals surface area contributed by atoms with Crippen molar-refractivity contribution in [3.05, 3.63) is 47.7 Å². The van der Waals surface area contributed by atoms with E-state index >= 15 is 0 Å². The van der Waals surface area contributed by atoms with Crippen LogP contribution in [-0.2, 0) is 11.3 Å². The van der Waals surface area contributed by atoms with Crippen molar-refractivity contribution in [3.63, 3.8) is 0 Å². The number of aliphatic hydroxyl groups is 1. The maximum Gasteiger partial charge on any atom is 0.354 e. The summed E-state index contributed by atoms with van der Waals surface area (Å²) < 4.78 is 9.69. The van der Waals surface area contributed by atoms with Crippen LogP contribution in [0.15, 0.2) is 35.1 Å². The highest BCUT2D eigenvalue weighted by Gasteiger charge is 2.11. The third kappa shape index (κ3) is 3.46. The van der Waals surface area contributed by atoms with E-state index in [9.17, 15) is 9.90 Å². The molecule has 0 aliphatic rings. The molecule has 0 aliphatic heterocycles. The van der Waals surface area contributed by atoms with E-state index in [0.717, 1.165) is 5.56 Å². The lowest BCUT2D eigenvalue weighted by atomic mass is 10.2. The third-order valence-electron chi connectivity index (χ3n) is 2.69. The Balaban J connectivity index is 1.79. The van der Waals surface area contributed by atoms with Crippen LogP contribution in [0.3, 0.4) is 0 Å². The smallest absolute Gasteiger partial charge is 0.354 e. The van der Waals surface area contributed by atoms with Gasteiger partial charge in [-0.1, -0.05) is 0 Å². The van der Waals surface area contributed by atoms with Crippen molar-refractivity contribution < 1.29 is 19.1 Å². The van der Waals surface area contributed by atoms with E-state index < -0.39 is 12.1 Å². The van der Waals surface area contributed by atoms with E-state index in [-0.39, 0.29) is 0 Å². The van der Waals surface area contributed by atoms with Crippen LogP contribution in [0.1, 0.15) is 27.9 Å². The molecule has 0 saturated heterocycles. The van der Waals surface area contributed by atoms with E-state index in [0.29, 0.717) is 24.5 Å². The van der Waals surface area contributed by atoms with Gasteiger partial charge in [0.05, 0.1) is 13.4 Å². The van der Waals surface area contributed by atoms with Crippen molar-refractivity contribution in [1.29, 1.82) is 0 Å². The standard InChI is InChI=1S/C13H16N2O4/c1-18-13(17)10-5-9(7-15-10)6-14-8-11(16)12-3-2-4-19-12/h2-5,7,11,14-16H,6,8H2,1H3. The Kier molecular flexibility index (Phi) is 4.38. The Morgan fingerprint density at radius 2 is 2.47 bits per heavy atom. The first-order valence-corrected chi connectivity index (χ1v) is 5.88. The summed E-state index contributed by atoms with van der Waals surface area (Å²) in [5.74, 6) is 0.124. The molecule has 0 saturated carbocycles. The SMILES string of the molecule is COC(=O)c1cc(CNCC(O)c2ccco2)c[nH]1. The van der Waals surface area contributed by atoms with Crippen molar-refractivity contribution in [2.24, 2.45) is 0 Å². The summed E-state index contributed by atoms with van der Waals surface area (Å²) in [5, 5.41) is 12.9. The van der Waals surface area contributed by atoms with Gasteiger partial charge in [-0.2, -0.15) is 0 Å². The van der Waals surface area contributed by atoms with Crippen LogP contribution in [0, 0.1) is 0 Å². The van der Waals surface area contributed by atoms with Gasteiger partial charge in [0, 0.05) is 19.3 Å². The molecular weight excluding hydrogens is 248 g/mol. The first-order chi connectivity index (χ1) is 9.20. The van der Waals surface area contributed by atoms with Crippen molar-refractivity contribution in [2.75, 3.05) is 13.7 Å². The normalized spacial score (nSPS) is 12.3. The zero-order valence-electron chi connectivity index (χ0n) is 10.6. The van der Waals surface area contributed by atoms with Gasteiger partial charge in [-0.3, -0.25) is 0 Å². The van der Waals surface area contributed by atoms with E-state index in [1.54, 1.807) is 24.4 Å². The predicted octanol–water partition coefficient (Wildman–Crippen LogP) is 1.22. The summed E-state index contributed by atoms with van der Waals surface area (Å²) in [6.45, 7) is 0.900. The molecule has 2 aromatic rings. The summed E-state index contributed by atoms with van der Waals surface area (Å²) in [4.78, 5) is 14.1. The Morgan fingerprint density at radius 3 is 3.16 bits per heavy atom. The fraction of sp³-hybridized carbons (Fsp3) is 0.308. The molecule has 19 heavy (non-hydrogen) atoms. The average molecular weight is 264 g/mol. The minimum atomic E-state index is -0.686. The maximum atomic E-state index is 11.2. The number of aromatic nitrogens is 1. The fourth-order valence-electron chi connectivity index (χ4n) is 1.70. The lowest BCUT2D eigenvalue weighted by Crippen LogP contribution is -2.20. The molecule has 0 amide bonds. The predicted molar refractivity (Wildman–Crippen MR) is 67.5 cm³/mol. The van der Waals surface area contributed by atoms with E-state index in [1.807, 2.05) is 0 Å². The van der Waals surface area contributed by atoms with Gasteiger partial charge >= 0.3 is 5.97 Å². The minimum absolute atomic E-state index is 0.367. The molecule has 2 aromatic heterocycles. The van der Waals surface area contributed by atoms with Crippen LogP contribution >= 0.6 is 0 Å². The summed E-state index contributed by atoms with van der Waals surface area (Å²) in [6, 6.07) is 5.16. The lowest BCUT2D eigenvalue weighted by Gasteiger charge is -2.08. The van der Waals surface area contributed by atoms with Gasteiger partial charge in [0.1, 0.15) is 17.6 Å². The summed E-state index contributed by atoms with van der Waals surface area (Å²) in [5.41, 5.74) is 1.32. The van der Waals surface area contributed by atoms with E-state index in [2.05, 4.69) is 15.0 Å². The Bertz CT molecular complexity index is 518. The second-order valence-corrected chi connectivity index (χ2v) is 4.08. The molecule has 0 spiro atoms. The van der Waals surface area contributed by atoms with Crippen LogP contribution in [-0.4, -0.2) is 29.7 Å². The minimum Gasteiger partial charge on any atom is -0.467 e. The number of ether oxygens (including phenoxy) is 1. The first kappa shape index (κ1) is 13.4. The van der Waals surface area contributed by atoms with Gasteiger partial charge in [-0.25, -0.2) is 4.79 Å². The molecule has 0 aromatic carbocycles. The van der Waals surface area contributed by atoms with E-state index in [1.165, 1.54) is 13.4 Å². The van der Waals surface area contributed by atoms with Crippen molar-refractivity contribution in [2.45, 2.75) is 12.6 Å². The number of furan rings is 1. The molecule has 6 nitrogen and oxygen atoms in total. The van der Waals surface area contributed by atoms with Crippen molar-refractivity contribution >= 4 is 5.97 Å². The molecule has 1 unspecified atom stereocenters. The molecule has 1 atom stereocenters. The lowest BCUT2D eigenvalue weighted by molar-refractivity contribution is 0.0595. The van der Waals surface area contributed by atoms with Crippen LogP contribution in [0.25, 0.3) is 0 Å². The average Bonchev–Trinajstić information content (AvgIpc) is 3.08. The second-order valence-electron chi connectivity index (χ2n) is 4.08. The van der Waals surface area contributed by atoms with Gasteiger partial charge in [-0.05, 0) is 23.8 Å². The molecule has 2 rings (SSSR count). The van der Waals surface area contributed by atoms with Gasteiger partial charge in [-0.15, -0.1) is 0 Å². The van der Waals surface area contributed by atoms with Crippen LogP contribution in [0.5, 0.6) is 0 Å². The van der Waals surface area contributed by atoms with Crippen LogP contribution in [0.2, 0.25) is 0 Å². The molecule has 2 heterocycles. The Labute approximate surface area is 110 Å². The number of esters is 1. The zero-order chi connectivity index (χ0) is 13.7. The topological polar surface area (TPSA) is 87.5 Å². The highest BCUT2D eigenvalue weighted by molar-refractivity contribution is 5.87. The summed E-state index contributed by atoms with van der Waals surface area (Å²) in [6.07, 6.45) is 2.56. The molecular formula is C13H16N2O4. The van der Waals surface area contributed by atoms with Crippen LogP contribution in [0.4, 0.5) is 0 Å². The van der Waals surface area contributed by atoms with Gasteiger partial charge in [0.2, 0.25) is 0 Å². The summed E-state index contributed by atoms with van der Waals surface area (Å²) >= 11 is 0. The van der Waals surface area contributed by atoms with Gasteiger partial charge in [0.25, 0.3) is 0 Å². The third-order valence-corrected chi connectivity index (χ3v) is 2.69. The molecule has 0 radical (unpaired) electrons. The molecule has 102 valence electrons. The monoisotopic (exact) mass is 264 g/mol. The number of H-pyrrole nitrogens is 1. The highest BCUT2D eigenvalue weighted by atomic mass is 16.5. The highest BCUT2D eigenvalue weighted by Crippen LogP contribution is 2.12. The van der Waals surface area contributed by atoms with E-state index in [4.69, 9.17) is 4.42 Å². The number of carbonyl (C=O) groups is 1. The molecule has 0 fully saturated rings. The number of methoxy groups -OCH3 is 1. The first-order valence-electron chi connectivity index (χ1n) is 5.88. The number of aromatic amines is 1. The van der Waals surface area contributed by atoms with Gasteiger partial charge in [0.15, 0.2) is 0 Å². The number of nitrogens with one attached hydrogen (secondary N) is 2. The fourth-order valence-corrected chi connectivity index (χ4v) is 1.70. The largest absolute Gasteiger partial charge is 0.467 e. The number of aliphatic hydroxyl groups excluding tert-OH is 1. The maximum absolute atomic E-state index is 11.2. The number of carbonyl (C=O) groups excluding carboxylic acids is 1.